The molecule has 1 rings (SSSR count). The SMILES string of the molecule is CC(C)(CC(=O)O)CC(=O)NC1CC(Cl)(Cl)C1. The zero-order chi connectivity index (χ0) is 13.3. The largest absolute Gasteiger partial charge is 0.481 e. The number of halogens is 2. The van der Waals surface area contributed by atoms with E-state index in [-0.39, 0.29) is 24.8 Å². The van der Waals surface area contributed by atoms with E-state index in [1.54, 1.807) is 13.8 Å². The van der Waals surface area contributed by atoms with E-state index < -0.39 is 15.7 Å². The van der Waals surface area contributed by atoms with E-state index in [1.807, 2.05) is 0 Å². The fraction of sp³-hybridized carbons (Fsp3) is 0.818. The number of aliphatic carboxylic acids is 1. The van der Waals surface area contributed by atoms with E-state index in [0.29, 0.717) is 12.8 Å². The van der Waals surface area contributed by atoms with Gasteiger partial charge in [-0.05, 0) is 5.41 Å². The Morgan fingerprint density at radius 2 is 1.88 bits per heavy atom. The van der Waals surface area contributed by atoms with Crippen molar-refractivity contribution in [3.8, 4) is 0 Å². The first kappa shape index (κ1) is 14.6. The molecule has 0 aromatic rings. The maximum atomic E-state index is 11.7. The van der Waals surface area contributed by atoms with Gasteiger partial charge in [-0.2, -0.15) is 0 Å². The van der Waals surface area contributed by atoms with Gasteiger partial charge in [0.2, 0.25) is 5.91 Å². The lowest BCUT2D eigenvalue weighted by Gasteiger charge is -2.38. The molecule has 0 radical (unpaired) electrons. The summed E-state index contributed by atoms with van der Waals surface area (Å²) in [4.78, 5) is 22.3. The van der Waals surface area contributed by atoms with Crippen LogP contribution in [0.5, 0.6) is 0 Å². The molecule has 0 aliphatic heterocycles. The summed E-state index contributed by atoms with van der Waals surface area (Å²) in [6.45, 7) is 3.52. The van der Waals surface area contributed by atoms with Crippen LogP contribution in [0.3, 0.4) is 0 Å². The van der Waals surface area contributed by atoms with Gasteiger partial charge in [0.15, 0.2) is 0 Å². The second-order valence-corrected chi connectivity index (χ2v) is 7.08. The van der Waals surface area contributed by atoms with Crippen LogP contribution in [0.15, 0.2) is 0 Å². The summed E-state index contributed by atoms with van der Waals surface area (Å²) in [5.41, 5.74) is -0.543. The predicted molar refractivity (Wildman–Crippen MR) is 66.3 cm³/mol. The number of carbonyl (C=O) groups is 2. The second-order valence-electron chi connectivity index (χ2n) is 5.44. The molecule has 1 aliphatic rings. The molecule has 4 nitrogen and oxygen atoms in total. The van der Waals surface area contributed by atoms with Crippen LogP contribution in [0.2, 0.25) is 0 Å². The zero-order valence-corrected chi connectivity index (χ0v) is 11.4. The molecule has 0 aromatic carbocycles. The van der Waals surface area contributed by atoms with Crippen LogP contribution in [-0.2, 0) is 9.59 Å². The third-order valence-corrected chi connectivity index (χ3v) is 3.34. The Kier molecular flexibility index (Phi) is 4.31. The minimum Gasteiger partial charge on any atom is -0.481 e. The van der Waals surface area contributed by atoms with Gasteiger partial charge < -0.3 is 10.4 Å². The summed E-state index contributed by atoms with van der Waals surface area (Å²) in [5, 5.41) is 11.5. The Morgan fingerprint density at radius 3 is 2.29 bits per heavy atom. The maximum Gasteiger partial charge on any atom is 0.303 e. The maximum absolute atomic E-state index is 11.7. The van der Waals surface area contributed by atoms with Crippen molar-refractivity contribution >= 4 is 35.1 Å². The first-order chi connectivity index (χ1) is 7.60. The van der Waals surface area contributed by atoms with E-state index >= 15 is 0 Å². The molecule has 0 saturated heterocycles. The molecule has 98 valence electrons. The predicted octanol–water partition coefficient (Wildman–Crippen LogP) is 2.33. The zero-order valence-electron chi connectivity index (χ0n) is 9.93. The number of carboxylic acids is 1. The first-order valence-electron chi connectivity index (χ1n) is 5.49. The average molecular weight is 282 g/mol. The molecule has 2 N–H and O–H groups in total. The van der Waals surface area contributed by atoms with Crippen molar-refractivity contribution in [1.82, 2.24) is 5.32 Å². The second kappa shape index (κ2) is 5.02. The molecule has 1 amide bonds. The highest BCUT2D eigenvalue weighted by atomic mass is 35.5. The van der Waals surface area contributed by atoms with Crippen molar-refractivity contribution < 1.29 is 14.7 Å². The van der Waals surface area contributed by atoms with Crippen LogP contribution in [-0.4, -0.2) is 27.4 Å². The molecule has 0 spiro atoms. The van der Waals surface area contributed by atoms with Gasteiger partial charge in [-0.3, -0.25) is 9.59 Å². The van der Waals surface area contributed by atoms with Crippen LogP contribution in [0.1, 0.15) is 39.5 Å². The topological polar surface area (TPSA) is 66.4 Å². The number of rotatable bonds is 5. The van der Waals surface area contributed by atoms with Gasteiger partial charge in [0, 0.05) is 25.3 Å². The van der Waals surface area contributed by atoms with Crippen molar-refractivity contribution in [3.05, 3.63) is 0 Å². The van der Waals surface area contributed by atoms with Crippen molar-refractivity contribution in [2.75, 3.05) is 0 Å². The highest BCUT2D eigenvalue weighted by Gasteiger charge is 2.42. The van der Waals surface area contributed by atoms with Gasteiger partial charge in [-0.1, -0.05) is 13.8 Å². The van der Waals surface area contributed by atoms with Gasteiger partial charge in [0.25, 0.3) is 0 Å². The molecule has 0 heterocycles. The molecule has 0 atom stereocenters. The number of amides is 1. The fourth-order valence-corrected chi connectivity index (χ4v) is 2.69. The quantitative estimate of drug-likeness (QED) is 0.760. The summed E-state index contributed by atoms with van der Waals surface area (Å²) >= 11 is 11.6. The van der Waals surface area contributed by atoms with Crippen molar-refractivity contribution in [2.45, 2.75) is 49.9 Å². The van der Waals surface area contributed by atoms with Gasteiger partial charge in [-0.15, -0.1) is 23.2 Å². The summed E-state index contributed by atoms with van der Waals surface area (Å²) in [6, 6.07) is 0.0122. The summed E-state index contributed by atoms with van der Waals surface area (Å²) in [6.07, 6.45) is 1.25. The lowest BCUT2D eigenvalue weighted by atomic mass is 9.84. The minimum atomic E-state index is -0.896. The van der Waals surface area contributed by atoms with Gasteiger partial charge in [0.05, 0.1) is 6.42 Å². The number of nitrogens with one attached hydrogen (secondary N) is 1. The molecule has 1 saturated carbocycles. The molecule has 6 heteroatoms. The number of hydrogen-bond acceptors (Lipinski definition) is 2. The van der Waals surface area contributed by atoms with Gasteiger partial charge in [0.1, 0.15) is 4.33 Å². The van der Waals surface area contributed by atoms with Crippen LogP contribution in [0.4, 0.5) is 0 Å². The third-order valence-electron chi connectivity index (χ3n) is 2.72. The Morgan fingerprint density at radius 1 is 1.35 bits per heavy atom. The van der Waals surface area contributed by atoms with Crippen LogP contribution in [0, 0.1) is 5.41 Å². The molecule has 0 aromatic heterocycles. The molecule has 17 heavy (non-hydrogen) atoms. The summed E-state index contributed by atoms with van der Waals surface area (Å²) < 4.78 is -0.714. The number of carboxylic acid groups (broad SMARTS) is 1. The molecular formula is C11H17Cl2NO3. The van der Waals surface area contributed by atoms with Crippen LogP contribution in [0.25, 0.3) is 0 Å². The summed E-state index contributed by atoms with van der Waals surface area (Å²) in [7, 11) is 0. The number of hydrogen-bond donors (Lipinski definition) is 2. The van der Waals surface area contributed by atoms with Crippen LogP contribution < -0.4 is 5.32 Å². The van der Waals surface area contributed by atoms with E-state index in [0.717, 1.165) is 0 Å². The van der Waals surface area contributed by atoms with E-state index in [4.69, 9.17) is 28.3 Å². The molecule has 1 fully saturated rings. The Bertz CT molecular complexity index is 321. The Labute approximate surface area is 111 Å². The molecular weight excluding hydrogens is 265 g/mol. The Hall–Kier alpha value is -0.480. The third kappa shape index (κ3) is 5.13. The lowest BCUT2D eigenvalue weighted by Crippen LogP contribution is -2.50. The number of alkyl halides is 2. The monoisotopic (exact) mass is 281 g/mol. The Balaban J connectivity index is 2.32. The average Bonchev–Trinajstić information content (AvgIpc) is 1.94. The highest BCUT2D eigenvalue weighted by molar-refractivity contribution is 6.49. The normalized spacial score (nSPS) is 19.5. The van der Waals surface area contributed by atoms with Crippen molar-refractivity contribution in [1.29, 1.82) is 0 Å². The van der Waals surface area contributed by atoms with Gasteiger partial charge >= 0.3 is 5.97 Å². The van der Waals surface area contributed by atoms with Crippen molar-refractivity contribution in [2.24, 2.45) is 5.41 Å². The molecule has 0 unspecified atom stereocenters. The van der Waals surface area contributed by atoms with Gasteiger partial charge in [-0.25, -0.2) is 0 Å². The number of carbonyl (C=O) groups excluding carboxylic acids is 1. The summed E-state index contributed by atoms with van der Waals surface area (Å²) in [5.74, 6) is -1.04. The lowest BCUT2D eigenvalue weighted by molar-refractivity contribution is -0.139. The minimum absolute atomic E-state index is 0.0122. The smallest absolute Gasteiger partial charge is 0.303 e. The first-order valence-corrected chi connectivity index (χ1v) is 6.24. The fourth-order valence-electron chi connectivity index (χ4n) is 1.95. The molecule has 1 aliphatic carbocycles. The van der Waals surface area contributed by atoms with Crippen molar-refractivity contribution in [3.63, 3.8) is 0 Å². The van der Waals surface area contributed by atoms with E-state index in [2.05, 4.69) is 5.32 Å². The van der Waals surface area contributed by atoms with E-state index in [1.165, 1.54) is 0 Å². The van der Waals surface area contributed by atoms with E-state index in [9.17, 15) is 9.59 Å². The van der Waals surface area contributed by atoms with Crippen LogP contribution >= 0.6 is 23.2 Å². The highest BCUT2D eigenvalue weighted by Crippen LogP contribution is 2.42. The standard InChI is InChI=1S/C11H17Cl2NO3/c1-10(2,6-9(16)17)5-8(15)14-7-3-11(12,13)4-7/h7H,3-6H2,1-2H3,(H,14,15)(H,16,17). The molecule has 0 bridgehead atoms.